The third kappa shape index (κ3) is 7.86. The third-order valence-electron chi connectivity index (χ3n) is 12.9. The summed E-state index contributed by atoms with van der Waals surface area (Å²) in [5.41, 5.74) is 10.9. The highest BCUT2D eigenvalue weighted by molar-refractivity contribution is 6.09. The van der Waals surface area contributed by atoms with E-state index in [9.17, 15) is 0 Å². The fraction of sp³-hybridized carbons (Fsp3) is 0.241. The van der Waals surface area contributed by atoms with Crippen molar-refractivity contribution in [3.05, 3.63) is 210 Å². The highest BCUT2D eigenvalue weighted by atomic mass is 16.5. The van der Waals surface area contributed by atoms with E-state index in [1.54, 1.807) is 0 Å². The first-order valence-electron chi connectivity index (χ1n) is 22.1. The van der Waals surface area contributed by atoms with E-state index in [0.29, 0.717) is 0 Å². The molecule has 0 N–H and O–H groups in total. The monoisotopic (exact) mass is 826 g/mol. The van der Waals surface area contributed by atoms with Crippen molar-refractivity contribution in [3.63, 3.8) is 0 Å². The molecule has 3 aromatic heterocycles. The molecule has 3 heterocycles. The molecule has 5 nitrogen and oxygen atoms in total. The molecule has 0 aliphatic carbocycles. The average molecular weight is 827 g/mol. The molecule has 0 saturated heterocycles. The number of hydrogen-bond acceptors (Lipinski definition) is 2. The van der Waals surface area contributed by atoms with Crippen molar-refractivity contribution >= 4 is 21.8 Å². The van der Waals surface area contributed by atoms with Crippen LogP contribution >= 0.6 is 0 Å². The van der Waals surface area contributed by atoms with Crippen molar-refractivity contribution in [3.8, 4) is 28.7 Å². The number of ether oxygens (including phenoxy) is 1. The lowest BCUT2D eigenvalue weighted by Crippen LogP contribution is -2.31. The van der Waals surface area contributed by atoms with Crippen molar-refractivity contribution in [2.45, 2.75) is 90.9 Å². The number of para-hydroxylation sites is 1. The van der Waals surface area contributed by atoms with Crippen LogP contribution in [0.4, 0.5) is 0 Å². The van der Waals surface area contributed by atoms with E-state index in [1.807, 2.05) is 12.3 Å². The molecule has 9 rings (SSSR count). The molecule has 0 atom stereocenters. The molecule has 63 heavy (non-hydrogen) atoms. The summed E-state index contributed by atoms with van der Waals surface area (Å²) in [6.07, 6.45) is 8.01. The van der Waals surface area contributed by atoms with E-state index in [1.165, 1.54) is 33.2 Å². The summed E-state index contributed by atoms with van der Waals surface area (Å²) in [4.78, 5) is 4.89. The third-order valence-corrected chi connectivity index (χ3v) is 12.9. The first kappa shape index (κ1) is 41.6. The maximum atomic E-state index is 6.80. The van der Waals surface area contributed by atoms with Gasteiger partial charge in [0.2, 0.25) is 0 Å². The Morgan fingerprint density at radius 2 is 1.11 bits per heavy atom. The Hall–Kier alpha value is -6.72. The lowest BCUT2D eigenvalue weighted by Gasteiger charge is -2.30. The first-order chi connectivity index (χ1) is 30.0. The molecule has 0 fully saturated rings. The second-order valence-corrected chi connectivity index (χ2v) is 20.1. The van der Waals surface area contributed by atoms with Crippen molar-refractivity contribution in [1.82, 2.24) is 14.1 Å². The lowest BCUT2D eigenvalue weighted by molar-refractivity contribution is -0.599. The number of hydrogen-bond donors (Lipinski definition) is 0. The van der Waals surface area contributed by atoms with Gasteiger partial charge >= 0.3 is 0 Å². The van der Waals surface area contributed by atoms with Gasteiger partial charge in [-0.05, 0) is 99.3 Å². The van der Waals surface area contributed by atoms with Gasteiger partial charge in [-0.25, -0.2) is 4.98 Å². The molecule has 6 aromatic carbocycles. The molecular weight excluding hydrogens is 769 g/mol. The predicted octanol–water partition coefficient (Wildman–Crippen LogP) is 14.1. The van der Waals surface area contributed by atoms with Gasteiger partial charge in [0.15, 0.2) is 0 Å². The van der Waals surface area contributed by atoms with Gasteiger partial charge < -0.3 is 4.74 Å². The number of pyridine rings is 1. The molecule has 0 saturated carbocycles. The summed E-state index contributed by atoms with van der Waals surface area (Å²) in [6.45, 7) is 22.8. The average Bonchev–Trinajstić information content (AvgIpc) is 3.87. The number of rotatable bonds is 9. The summed E-state index contributed by atoms with van der Waals surface area (Å²) >= 11 is 0. The Balaban J connectivity index is 1.16. The van der Waals surface area contributed by atoms with Gasteiger partial charge in [0.05, 0.1) is 28.1 Å². The van der Waals surface area contributed by atoms with Crippen LogP contribution in [-0.4, -0.2) is 14.1 Å². The molecule has 0 aliphatic rings. The van der Waals surface area contributed by atoms with Gasteiger partial charge in [0.1, 0.15) is 17.3 Å². The fourth-order valence-electron chi connectivity index (χ4n) is 8.80. The Morgan fingerprint density at radius 3 is 1.81 bits per heavy atom. The summed E-state index contributed by atoms with van der Waals surface area (Å²) < 4.78 is 13.4. The van der Waals surface area contributed by atoms with Gasteiger partial charge in [-0.15, -0.1) is 0 Å². The summed E-state index contributed by atoms with van der Waals surface area (Å²) in [5.74, 6) is 2.38. The Labute approximate surface area is 373 Å². The minimum atomic E-state index is -0.371. The van der Waals surface area contributed by atoms with Crippen molar-refractivity contribution in [1.29, 1.82) is 0 Å². The molecule has 9 aromatic rings. The maximum Gasteiger partial charge on any atom is 0.269 e. The zero-order valence-electron chi connectivity index (χ0n) is 38.4. The van der Waals surface area contributed by atoms with E-state index in [4.69, 9.17) is 9.72 Å². The standard InChI is InChI=1S/C58H58N4O/c1-55(2,3)42-30-31-59-54(35-42)62-51-27-18-17-26-49(51)50-29-28-48(37-52(50)62)63-47-25-19-24-45(36-47)61-39-60(38-53(61)58(9,10)41-22-15-12-16-23-41)46-33-43(56(4,5)6)32-44(34-46)57(7,8)40-20-13-11-14-21-40/h11-38H,1-10H3. The van der Waals surface area contributed by atoms with Crippen molar-refractivity contribution in [2.24, 2.45) is 0 Å². The van der Waals surface area contributed by atoms with Crippen molar-refractivity contribution in [2.75, 3.05) is 0 Å². The number of aromatic nitrogens is 4. The van der Waals surface area contributed by atoms with Crippen LogP contribution in [0.5, 0.6) is 11.5 Å². The topological polar surface area (TPSA) is 35.9 Å². The second kappa shape index (κ2) is 15.6. The smallest absolute Gasteiger partial charge is 0.269 e. The van der Waals surface area contributed by atoms with E-state index in [0.717, 1.165) is 50.8 Å². The minimum absolute atomic E-state index is 0.0129. The van der Waals surface area contributed by atoms with Crippen LogP contribution in [0.2, 0.25) is 0 Å². The fourth-order valence-corrected chi connectivity index (χ4v) is 8.80. The summed E-state index contributed by atoms with van der Waals surface area (Å²) in [6, 6.07) is 56.2. The van der Waals surface area contributed by atoms with Gasteiger partial charge in [0, 0.05) is 40.1 Å². The maximum absolute atomic E-state index is 6.80. The zero-order valence-corrected chi connectivity index (χ0v) is 38.4. The molecule has 0 amide bonds. The van der Waals surface area contributed by atoms with Crippen LogP contribution in [0, 0.1) is 6.33 Å². The van der Waals surface area contributed by atoms with E-state index < -0.39 is 0 Å². The lowest BCUT2D eigenvalue weighted by atomic mass is 9.75. The van der Waals surface area contributed by atoms with E-state index in [-0.39, 0.29) is 21.7 Å². The largest absolute Gasteiger partial charge is 0.458 e. The molecule has 0 radical (unpaired) electrons. The van der Waals surface area contributed by atoms with E-state index in [2.05, 4.69) is 247 Å². The molecular formula is C58H58N4O. The van der Waals surface area contributed by atoms with Gasteiger partial charge in [-0.2, -0.15) is 0 Å². The predicted molar refractivity (Wildman–Crippen MR) is 259 cm³/mol. The van der Waals surface area contributed by atoms with Gasteiger partial charge in [-0.1, -0.05) is 160 Å². The second-order valence-electron chi connectivity index (χ2n) is 20.1. The van der Waals surface area contributed by atoms with E-state index >= 15 is 0 Å². The van der Waals surface area contributed by atoms with Crippen LogP contribution < -0.4 is 9.30 Å². The van der Waals surface area contributed by atoms with Crippen LogP contribution in [0.15, 0.2) is 170 Å². The summed E-state index contributed by atoms with van der Waals surface area (Å²) in [7, 11) is 0. The quantitative estimate of drug-likeness (QED) is 0.107. The Bertz CT molecular complexity index is 3100. The number of nitrogens with zero attached hydrogens (tertiary/aromatic N) is 4. The van der Waals surface area contributed by atoms with Crippen LogP contribution in [0.1, 0.15) is 103 Å². The highest BCUT2D eigenvalue weighted by Crippen LogP contribution is 2.39. The Kier molecular flexibility index (Phi) is 10.3. The van der Waals surface area contributed by atoms with Crippen LogP contribution in [-0.2, 0) is 21.7 Å². The number of imidazole rings is 1. The molecule has 0 unspecified atom stereocenters. The molecule has 0 bridgehead atoms. The van der Waals surface area contributed by atoms with Crippen LogP contribution in [0.25, 0.3) is 39.0 Å². The van der Waals surface area contributed by atoms with Crippen molar-refractivity contribution < 1.29 is 9.30 Å². The molecule has 316 valence electrons. The molecule has 5 heteroatoms. The normalized spacial score (nSPS) is 12.6. The van der Waals surface area contributed by atoms with Gasteiger partial charge in [-0.3, -0.25) is 13.7 Å². The number of benzene rings is 6. The zero-order chi connectivity index (χ0) is 44.3. The SMILES string of the molecule is CC(C)(C)c1cc(-[n+]2[c-]n(-c3cccc(Oc4ccc5c6ccccc6n(-c6cc(C(C)(C)C)ccn6)c5c4)c3)c(C(C)(C)c3ccccc3)c2)cc(C(C)(C)c2ccccc2)c1. The first-order valence-corrected chi connectivity index (χ1v) is 22.1. The molecule has 0 aliphatic heterocycles. The summed E-state index contributed by atoms with van der Waals surface area (Å²) in [5, 5.41) is 2.33. The van der Waals surface area contributed by atoms with Gasteiger partial charge in [0.25, 0.3) is 6.33 Å². The number of fused-ring (bicyclic) bond motifs is 3. The highest BCUT2D eigenvalue weighted by Gasteiger charge is 2.31. The molecule has 0 spiro atoms. The van der Waals surface area contributed by atoms with Crippen LogP contribution in [0.3, 0.4) is 0 Å². The Morgan fingerprint density at radius 1 is 0.492 bits per heavy atom. The minimum Gasteiger partial charge on any atom is -0.458 e.